The van der Waals surface area contributed by atoms with Crippen molar-refractivity contribution in [1.82, 2.24) is 0 Å². The Labute approximate surface area is 169 Å². The molecule has 0 aliphatic heterocycles. The van der Waals surface area contributed by atoms with Crippen molar-refractivity contribution in [3.05, 3.63) is 71.8 Å². The average molecular weight is 388 g/mol. The van der Waals surface area contributed by atoms with Gasteiger partial charge < -0.3 is 14.2 Å². The van der Waals surface area contributed by atoms with Crippen LogP contribution < -0.4 is 9.47 Å². The number of fused-ring (bicyclic) bond motifs is 1. The highest BCUT2D eigenvalue weighted by Gasteiger charge is 2.11. The van der Waals surface area contributed by atoms with Gasteiger partial charge in [0.05, 0.1) is 7.11 Å². The van der Waals surface area contributed by atoms with Gasteiger partial charge in [-0.2, -0.15) is 0 Å². The maximum Gasteiger partial charge on any atom is 0.384 e. The largest absolute Gasteiger partial charge is 0.489 e. The van der Waals surface area contributed by atoms with Crippen LogP contribution in [0.4, 0.5) is 0 Å². The first-order valence-corrected chi connectivity index (χ1v) is 9.04. The van der Waals surface area contributed by atoms with Crippen LogP contribution in [-0.2, 0) is 27.4 Å². The first-order valence-electron chi connectivity index (χ1n) is 9.04. The first kappa shape index (κ1) is 20.0. The molecule has 0 saturated heterocycles. The fourth-order valence-corrected chi connectivity index (χ4v) is 2.88. The Morgan fingerprint density at radius 2 is 1.76 bits per heavy atom. The van der Waals surface area contributed by atoms with Gasteiger partial charge in [0.25, 0.3) is 0 Å². The summed E-state index contributed by atoms with van der Waals surface area (Å²) in [7, 11) is 1.29. The second-order valence-corrected chi connectivity index (χ2v) is 6.26. The molecule has 5 heteroatoms. The quantitative estimate of drug-likeness (QED) is 0.285. The van der Waals surface area contributed by atoms with Gasteiger partial charge in [-0.3, -0.25) is 4.79 Å². The van der Waals surface area contributed by atoms with Crippen LogP contribution in [0.25, 0.3) is 10.8 Å². The van der Waals surface area contributed by atoms with Crippen molar-refractivity contribution >= 4 is 22.7 Å². The SMILES string of the molecule is COC(=O)C#CCc1c(OCc2ccccc2)ccc2ccc(OC(C)=O)cc12. The summed E-state index contributed by atoms with van der Waals surface area (Å²) in [5, 5.41) is 1.79. The number of carbonyl (C=O) groups is 2. The maximum absolute atomic E-state index is 11.4. The fraction of sp³-hybridized carbons (Fsp3) is 0.167. The number of esters is 2. The van der Waals surface area contributed by atoms with E-state index in [2.05, 4.69) is 16.6 Å². The van der Waals surface area contributed by atoms with Crippen LogP contribution in [0.15, 0.2) is 60.7 Å². The van der Waals surface area contributed by atoms with E-state index in [-0.39, 0.29) is 6.42 Å². The molecule has 0 atom stereocenters. The molecular formula is C24H20O5. The van der Waals surface area contributed by atoms with Gasteiger partial charge >= 0.3 is 11.9 Å². The van der Waals surface area contributed by atoms with Crippen LogP contribution in [0.2, 0.25) is 0 Å². The van der Waals surface area contributed by atoms with Gasteiger partial charge in [0.1, 0.15) is 18.1 Å². The highest BCUT2D eigenvalue weighted by atomic mass is 16.5. The molecule has 0 aromatic heterocycles. The molecule has 0 N–H and O–H groups in total. The Bertz CT molecular complexity index is 1090. The fourth-order valence-electron chi connectivity index (χ4n) is 2.88. The van der Waals surface area contributed by atoms with Gasteiger partial charge in [-0.1, -0.05) is 48.4 Å². The third-order valence-corrected chi connectivity index (χ3v) is 4.20. The molecule has 3 aromatic carbocycles. The Kier molecular flexibility index (Phi) is 6.49. The van der Waals surface area contributed by atoms with Gasteiger partial charge in [-0.25, -0.2) is 4.79 Å². The average Bonchev–Trinajstić information content (AvgIpc) is 2.73. The number of hydrogen-bond donors (Lipinski definition) is 0. The van der Waals surface area contributed by atoms with Crippen LogP contribution >= 0.6 is 0 Å². The summed E-state index contributed by atoms with van der Waals surface area (Å²) in [5.41, 5.74) is 1.84. The summed E-state index contributed by atoms with van der Waals surface area (Å²) in [4.78, 5) is 22.7. The van der Waals surface area contributed by atoms with E-state index in [4.69, 9.17) is 9.47 Å². The predicted molar refractivity (Wildman–Crippen MR) is 110 cm³/mol. The zero-order chi connectivity index (χ0) is 20.6. The third kappa shape index (κ3) is 5.36. The minimum absolute atomic E-state index is 0.278. The lowest BCUT2D eigenvalue weighted by molar-refractivity contribution is -0.134. The summed E-state index contributed by atoms with van der Waals surface area (Å²) < 4.78 is 15.8. The molecule has 0 amide bonds. The molecule has 3 rings (SSSR count). The van der Waals surface area contributed by atoms with E-state index >= 15 is 0 Å². The Morgan fingerprint density at radius 3 is 2.48 bits per heavy atom. The Hall–Kier alpha value is -3.78. The van der Waals surface area contributed by atoms with E-state index in [1.807, 2.05) is 48.5 Å². The predicted octanol–water partition coefficient (Wildman–Crippen LogP) is 4.06. The summed E-state index contributed by atoms with van der Waals surface area (Å²) in [6.07, 6.45) is 0.278. The van der Waals surface area contributed by atoms with Crippen LogP contribution in [0.5, 0.6) is 11.5 Å². The highest BCUT2D eigenvalue weighted by molar-refractivity contribution is 5.91. The second kappa shape index (κ2) is 9.43. The molecule has 29 heavy (non-hydrogen) atoms. The molecule has 0 heterocycles. The zero-order valence-electron chi connectivity index (χ0n) is 16.2. The van der Waals surface area contributed by atoms with E-state index in [1.165, 1.54) is 14.0 Å². The molecule has 0 bridgehead atoms. The minimum atomic E-state index is -0.599. The van der Waals surface area contributed by atoms with Crippen LogP contribution in [-0.4, -0.2) is 19.0 Å². The molecular weight excluding hydrogens is 368 g/mol. The molecule has 0 aliphatic carbocycles. The van der Waals surface area contributed by atoms with E-state index in [1.54, 1.807) is 12.1 Å². The number of carbonyl (C=O) groups excluding carboxylic acids is 2. The minimum Gasteiger partial charge on any atom is -0.489 e. The van der Waals surface area contributed by atoms with Crippen LogP contribution in [0.3, 0.4) is 0 Å². The lowest BCUT2D eigenvalue weighted by atomic mass is 10.0. The summed E-state index contributed by atoms with van der Waals surface area (Å²) >= 11 is 0. The van der Waals surface area contributed by atoms with Gasteiger partial charge in [-0.15, -0.1) is 0 Å². The number of ether oxygens (including phenoxy) is 3. The van der Waals surface area contributed by atoms with Crippen molar-refractivity contribution in [1.29, 1.82) is 0 Å². The molecule has 0 aliphatic rings. The van der Waals surface area contributed by atoms with Crippen LogP contribution in [0, 0.1) is 11.8 Å². The van der Waals surface area contributed by atoms with Crippen molar-refractivity contribution in [2.75, 3.05) is 7.11 Å². The van der Waals surface area contributed by atoms with Crippen molar-refractivity contribution in [2.24, 2.45) is 0 Å². The normalized spacial score (nSPS) is 10.0. The summed E-state index contributed by atoms with van der Waals surface area (Å²) in [6, 6.07) is 19.0. The van der Waals surface area contributed by atoms with Gasteiger partial charge in [0.2, 0.25) is 0 Å². The van der Waals surface area contributed by atoms with Gasteiger partial charge in [0, 0.05) is 24.8 Å². The first-order chi connectivity index (χ1) is 14.1. The van der Waals surface area contributed by atoms with E-state index in [9.17, 15) is 9.59 Å². The zero-order valence-corrected chi connectivity index (χ0v) is 16.2. The summed E-state index contributed by atoms with van der Waals surface area (Å²) in [6.45, 7) is 1.75. The number of rotatable bonds is 5. The molecule has 3 aromatic rings. The van der Waals surface area contributed by atoms with E-state index in [0.717, 1.165) is 21.9 Å². The van der Waals surface area contributed by atoms with Crippen molar-refractivity contribution in [3.63, 3.8) is 0 Å². The molecule has 5 nitrogen and oxygen atoms in total. The topological polar surface area (TPSA) is 61.8 Å². The Morgan fingerprint density at radius 1 is 1.00 bits per heavy atom. The monoisotopic (exact) mass is 388 g/mol. The van der Waals surface area contributed by atoms with Crippen molar-refractivity contribution in [2.45, 2.75) is 20.0 Å². The molecule has 0 fully saturated rings. The smallest absolute Gasteiger partial charge is 0.384 e. The molecule has 0 unspecified atom stereocenters. The van der Waals surface area contributed by atoms with E-state index in [0.29, 0.717) is 18.1 Å². The number of methoxy groups -OCH3 is 1. The molecule has 0 radical (unpaired) electrons. The van der Waals surface area contributed by atoms with Crippen LogP contribution in [0.1, 0.15) is 18.1 Å². The summed E-state index contributed by atoms with van der Waals surface area (Å²) in [5.74, 6) is 5.37. The maximum atomic E-state index is 11.4. The van der Waals surface area contributed by atoms with E-state index < -0.39 is 11.9 Å². The lowest BCUT2D eigenvalue weighted by Gasteiger charge is -2.14. The second-order valence-electron chi connectivity index (χ2n) is 6.26. The molecule has 146 valence electrons. The van der Waals surface area contributed by atoms with Crippen molar-refractivity contribution < 1.29 is 23.8 Å². The number of hydrogen-bond acceptors (Lipinski definition) is 5. The molecule has 0 saturated carbocycles. The lowest BCUT2D eigenvalue weighted by Crippen LogP contribution is -2.02. The highest BCUT2D eigenvalue weighted by Crippen LogP contribution is 2.32. The van der Waals surface area contributed by atoms with Gasteiger partial charge in [-0.05, 0) is 34.5 Å². The Balaban J connectivity index is 1.99. The third-order valence-electron chi connectivity index (χ3n) is 4.20. The van der Waals surface area contributed by atoms with Gasteiger partial charge in [0.15, 0.2) is 0 Å². The standard InChI is InChI=1S/C24H20O5/c1-17(25)29-20-13-11-19-12-14-23(28-16-18-7-4-3-5-8-18)21(22(19)15-20)9-6-10-24(26)27-2/h3-5,7-8,11-15H,9,16H2,1-2H3. The number of benzene rings is 3. The molecule has 0 spiro atoms. The van der Waals surface area contributed by atoms with Crippen molar-refractivity contribution in [3.8, 4) is 23.3 Å².